The van der Waals surface area contributed by atoms with E-state index in [0.717, 1.165) is 26.1 Å². The van der Waals surface area contributed by atoms with Gasteiger partial charge < -0.3 is 10.2 Å². The van der Waals surface area contributed by atoms with Crippen molar-refractivity contribution in [2.45, 2.75) is 18.9 Å². The van der Waals surface area contributed by atoms with Crippen LogP contribution in [0.1, 0.15) is 12.8 Å². The van der Waals surface area contributed by atoms with Gasteiger partial charge in [0.25, 0.3) is 0 Å². The molecule has 1 aromatic heterocycles. The molecule has 0 bridgehead atoms. The van der Waals surface area contributed by atoms with Crippen molar-refractivity contribution in [1.82, 2.24) is 4.68 Å². The summed E-state index contributed by atoms with van der Waals surface area (Å²) in [6.45, 7) is 1.78. The Balaban J connectivity index is 1.86. The zero-order valence-corrected chi connectivity index (χ0v) is 7.07. The minimum atomic E-state index is 0.575. The summed E-state index contributed by atoms with van der Waals surface area (Å²) in [4.78, 5) is 0. The number of rotatable bonds is 2. The molecule has 3 heteroatoms. The Labute approximate surface area is 72.3 Å². The van der Waals surface area contributed by atoms with Gasteiger partial charge >= 0.3 is 0 Å². The summed E-state index contributed by atoms with van der Waals surface area (Å²) in [5.74, 6) is 0. The van der Waals surface area contributed by atoms with Crippen molar-refractivity contribution in [2.75, 3.05) is 18.6 Å². The number of hydrogen-bond donors (Lipinski definition) is 1. The van der Waals surface area contributed by atoms with Crippen molar-refractivity contribution in [3.05, 3.63) is 24.5 Å². The van der Waals surface area contributed by atoms with Crippen molar-refractivity contribution >= 4 is 0 Å². The Morgan fingerprint density at radius 1 is 1.17 bits per heavy atom. The van der Waals surface area contributed by atoms with Gasteiger partial charge in [0.05, 0.1) is 0 Å². The van der Waals surface area contributed by atoms with Gasteiger partial charge in [0.2, 0.25) is 0 Å². The van der Waals surface area contributed by atoms with E-state index in [9.17, 15) is 0 Å². The van der Waals surface area contributed by atoms with Crippen molar-refractivity contribution in [3.63, 3.8) is 0 Å². The molecule has 1 saturated heterocycles. The molecule has 12 heavy (non-hydrogen) atoms. The summed E-state index contributed by atoms with van der Waals surface area (Å²) in [6.07, 6.45) is 6.27. The molecule has 1 aromatic rings. The molecule has 66 valence electrons. The standard InChI is InChI=1S/C9H14N2O/c1-2-6-11(5-1)10-9-3-7-12-8-4-9/h1-2,5-6,9-10H,3-4,7-8H2. The molecular weight excluding hydrogens is 152 g/mol. The zero-order chi connectivity index (χ0) is 8.23. The minimum Gasteiger partial charge on any atom is -0.381 e. The maximum atomic E-state index is 5.27. The fraction of sp³-hybridized carbons (Fsp3) is 0.556. The third-order valence-corrected chi connectivity index (χ3v) is 2.16. The Bertz CT molecular complexity index is 214. The van der Waals surface area contributed by atoms with E-state index in [1.54, 1.807) is 0 Å². The SMILES string of the molecule is c1ccn(NC2CCOCC2)c1. The van der Waals surface area contributed by atoms with E-state index >= 15 is 0 Å². The van der Waals surface area contributed by atoms with E-state index in [2.05, 4.69) is 5.43 Å². The lowest BCUT2D eigenvalue weighted by molar-refractivity contribution is 0.0880. The van der Waals surface area contributed by atoms with E-state index in [1.807, 2.05) is 29.2 Å². The summed E-state index contributed by atoms with van der Waals surface area (Å²) in [6, 6.07) is 4.62. The van der Waals surface area contributed by atoms with Gasteiger partial charge in [-0.3, -0.25) is 4.68 Å². The van der Waals surface area contributed by atoms with E-state index < -0.39 is 0 Å². The highest BCUT2D eigenvalue weighted by Crippen LogP contribution is 2.07. The lowest BCUT2D eigenvalue weighted by Crippen LogP contribution is -2.32. The quantitative estimate of drug-likeness (QED) is 0.714. The van der Waals surface area contributed by atoms with Crippen molar-refractivity contribution in [2.24, 2.45) is 0 Å². The number of ether oxygens (including phenoxy) is 1. The highest BCUT2D eigenvalue weighted by Gasteiger charge is 2.12. The molecule has 2 rings (SSSR count). The smallest absolute Gasteiger partial charge is 0.0486 e. The third kappa shape index (κ3) is 1.80. The first-order valence-electron chi connectivity index (χ1n) is 4.42. The molecule has 0 radical (unpaired) electrons. The Morgan fingerprint density at radius 3 is 2.50 bits per heavy atom. The molecule has 1 fully saturated rings. The molecule has 0 amide bonds. The minimum absolute atomic E-state index is 0.575. The molecule has 1 aliphatic rings. The highest BCUT2D eigenvalue weighted by molar-refractivity contribution is 4.95. The molecule has 0 aromatic carbocycles. The van der Waals surface area contributed by atoms with E-state index in [-0.39, 0.29) is 0 Å². The van der Waals surface area contributed by atoms with Gasteiger partial charge in [-0.25, -0.2) is 0 Å². The van der Waals surface area contributed by atoms with Gasteiger partial charge in [-0.15, -0.1) is 0 Å². The summed E-state index contributed by atoms with van der Waals surface area (Å²) in [7, 11) is 0. The fourth-order valence-electron chi connectivity index (χ4n) is 1.46. The maximum Gasteiger partial charge on any atom is 0.0486 e. The van der Waals surface area contributed by atoms with Crippen LogP contribution in [0.15, 0.2) is 24.5 Å². The lowest BCUT2D eigenvalue weighted by atomic mass is 10.1. The number of hydrogen-bond acceptors (Lipinski definition) is 2. The van der Waals surface area contributed by atoms with Crippen LogP contribution in [0, 0.1) is 0 Å². The van der Waals surface area contributed by atoms with Crippen LogP contribution in [-0.2, 0) is 4.74 Å². The first-order chi connectivity index (χ1) is 5.95. The van der Waals surface area contributed by atoms with Crippen LogP contribution in [0.5, 0.6) is 0 Å². The third-order valence-electron chi connectivity index (χ3n) is 2.16. The summed E-state index contributed by atoms with van der Waals surface area (Å²) in [5, 5.41) is 0. The number of aromatic nitrogens is 1. The van der Waals surface area contributed by atoms with Gasteiger partial charge in [-0.1, -0.05) is 0 Å². The molecule has 1 N–H and O–H groups in total. The van der Waals surface area contributed by atoms with E-state index in [4.69, 9.17) is 4.74 Å². The van der Waals surface area contributed by atoms with Crippen LogP contribution in [-0.4, -0.2) is 23.9 Å². The molecule has 2 heterocycles. The van der Waals surface area contributed by atoms with Crippen LogP contribution in [0.4, 0.5) is 0 Å². The topological polar surface area (TPSA) is 26.2 Å². The Kier molecular flexibility index (Phi) is 2.32. The van der Waals surface area contributed by atoms with Crippen LogP contribution < -0.4 is 5.43 Å². The van der Waals surface area contributed by atoms with E-state index in [0.29, 0.717) is 6.04 Å². The molecule has 0 spiro atoms. The van der Waals surface area contributed by atoms with Crippen molar-refractivity contribution in [3.8, 4) is 0 Å². The first kappa shape index (κ1) is 7.68. The molecule has 0 atom stereocenters. The summed E-state index contributed by atoms with van der Waals surface area (Å²) < 4.78 is 7.28. The largest absolute Gasteiger partial charge is 0.381 e. The fourth-order valence-corrected chi connectivity index (χ4v) is 1.46. The second-order valence-electron chi connectivity index (χ2n) is 3.11. The summed E-state index contributed by atoms with van der Waals surface area (Å²) >= 11 is 0. The molecule has 0 unspecified atom stereocenters. The van der Waals surface area contributed by atoms with Gasteiger partial charge in [-0.2, -0.15) is 0 Å². The molecule has 3 nitrogen and oxygen atoms in total. The monoisotopic (exact) mass is 166 g/mol. The van der Waals surface area contributed by atoms with Crippen molar-refractivity contribution in [1.29, 1.82) is 0 Å². The van der Waals surface area contributed by atoms with Gasteiger partial charge in [0, 0.05) is 31.6 Å². The number of nitrogens with zero attached hydrogens (tertiary/aromatic N) is 1. The van der Waals surface area contributed by atoms with Crippen LogP contribution in [0.25, 0.3) is 0 Å². The van der Waals surface area contributed by atoms with Gasteiger partial charge in [0.1, 0.15) is 0 Å². The predicted octanol–water partition coefficient (Wildman–Crippen LogP) is 1.21. The highest BCUT2D eigenvalue weighted by atomic mass is 16.5. The van der Waals surface area contributed by atoms with E-state index in [1.165, 1.54) is 0 Å². The Morgan fingerprint density at radius 2 is 1.83 bits per heavy atom. The zero-order valence-electron chi connectivity index (χ0n) is 7.07. The average molecular weight is 166 g/mol. The van der Waals surface area contributed by atoms with Crippen LogP contribution in [0.3, 0.4) is 0 Å². The lowest BCUT2D eigenvalue weighted by Gasteiger charge is -2.24. The Hall–Kier alpha value is -0.960. The summed E-state index contributed by atoms with van der Waals surface area (Å²) in [5.41, 5.74) is 3.40. The molecule has 1 aliphatic heterocycles. The van der Waals surface area contributed by atoms with Gasteiger partial charge in [0.15, 0.2) is 0 Å². The molecule has 0 aliphatic carbocycles. The molecular formula is C9H14N2O. The first-order valence-corrected chi connectivity index (χ1v) is 4.42. The average Bonchev–Trinajstić information content (AvgIpc) is 2.59. The van der Waals surface area contributed by atoms with Crippen molar-refractivity contribution < 1.29 is 4.74 Å². The predicted molar refractivity (Wildman–Crippen MR) is 47.6 cm³/mol. The molecule has 0 saturated carbocycles. The second-order valence-corrected chi connectivity index (χ2v) is 3.11. The second kappa shape index (κ2) is 3.63. The normalized spacial score (nSPS) is 19.3. The number of nitrogens with one attached hydrogen (secondary N) is 1. The maximum absolute atomic E-state index is 5.27. The van der Waals surface area contributed by atoms with Crippen LogP contribution in [0.2, 0.25) is 0 Å². The van der Waals surface area contributed by atoms with Crippen LogP contribution >= 0.6 is 0 Å². The van der Waals surface area contributed by atoms with Gasteiger partial charge in [-0.05, 0) is 25.0 Å².